The molecule has 3 rings (SSSR count). The highest BCUT2D eigenvalue weighted by Crippen LogP contribution is 2.36. The maximum absolute atomic E-state index is 6.14. The summed E-state index contributed by atoms with van der Waals surface area (Å²) in [5.41, 5.74) is 1.76. The van der Waals surface area contributed by atoms with Crippen molar-refractivity contribution in [2.24, 2.45) is 0 Å². The van der Waals surface area contributed by atoms with Crippen LogP contribution in [0.3, 0.4) is 0 Å². The lowest BCUT2D eigenvalue weighted by atomic mass is 10.2. The molecule has 0 bridgehead atoms. The number of aromatic nitrogens is 2. The van der Waals surface area contributed by atoms with E-state index >= 15 is 0 Å². The Labute approximate surface area is 145 Å². The van der Waals surface area contributed by atoms with E-state index in [4.69, 9.17) is 21.1 Å². The number of methoxy groups -OCH3 is 2. The molecular formula is C18H18ClN3O2. The van der Waals surface area contributed by atoms with Gasteiger partial charge in [-0.15, -0.1) is 0 Å². The van der Waals surface area contributed by atoms with Crippen LogP contribution in [-0.4, -0.2) is 30.7 Å². The third-order valence-electron chi connectivity index (χ3n) is 3.81. The summed E-state index contributed by atoms with van der Waals surface area (Å²) in [4.78, 5) is 10.9. The third kappa shape index (κ3) is 2.95. The number of benzene rings is 2. The van der Waals surface area contributed by atoms with Crippen molar-refractivity contribution in [1.82, 2.24) is 9.97 Å². The maximum atomic E-state index is 6.14. The molecule has 0 aliphatic heterocycles. The van der Waals surface area contributed by atoms with E-state index in [2.05, 4.69) is 21.8 Å². The predicted molar refractivity (Wildman–Crippen MR) is 96.8 cm³/mol. The van der Waals surface area contributed by atoms with Crippen molar-refractivity contribution in [2.75, 3.05) is 25.7 Å². The second kappa shape index (κ2) is 6.93. The van der Waals surface area contributed by atoms with Gasteiger partial charge in [0.05, 0.1) is 19.7 Å². The number of hydrogen-bond donors (Lipinski definition) is 0. The number of nitrogens with zero attached hydrogens (tertiary/aromatic N) is 3. The molecule has 124 valence electrons. The van der Waals surface area contributed by atoms with Gasteiger partial charge in [-0.05, 0) is 31.2 Å². The number of halogens is 1. The largest absolute Gasteiger partial charge is 0.493 e. The lowest BCUT2D eigenvalue weighted by Crippen LogP contribution is -2.18. The summed E-state index contributed by atoms with van der Waals surface area (Å²) in [5.74, 6) is 2.08. The SMILES string of the molecule is CCN(c1cccc(Cl)c1)c1ncnc2cc(OC)c(OC)cc12. The first-order chi connectivity index (χ1) is 11.7. The van der Waals surface area contributed by atoms with E-state index in [9.17, 15) is 0 Å². The summed E-state index contributed by atoms with van der Waals surface area (Å²) in [5, 5.41) is 1.57. The smallest absolute Gasteiger partial charge is 0.162 e. The molecule has 0 saturated carbocycles. The first-order valence-electron chi connectivity index (χ1n) is 7.57. The zero-order valence-electron chi connectivity index (χ0n) is 13.8. The molecule has 0 spiro atoms. The van der Waals surface area contributed by atoms with Gasteiger partial charge < -0.3 is 14.4 Å². The van der Waals surface area contributed by atoms with Crippen LogP contribution in [0.25, 0.3) is 10.9 Å². The van der Waals surface area contributed by atoms with Gasteiger partial charge in [-0.1, -0.05) is 17.7 Å². The molecule has 0 saturated heterocycles. The van der Waals surface area contributed by atoms with Crippen molar-refractivity contribution in [3.8, 4) is 11.5 Å². The predicted octanol–water partition coefficient (Wildman–Crippen LogP) is 4.46. The molecule has 0 N–H and O–H groups in total. The molecule has 1 aromatic heterocycles. The molecular weight excluding hydrogens is 326 g/mol. The number of fused-ring (bicyclic) bond motifs is 1. The van der Waals surface area contributed by atoms with E-state index < -0.39 is 0 Å². The third-order valence-corrected chi connectivity index (χ3v) is 4.05. The van der Waals surface area contributed by atoms with Crippen molar-refractivity contribution in [1.29, 1.82) is 0 Å². The molecule has 2 aromatic carbocycles. The maximum Gasteiger partial charge on any atom is 0.162 e. The Morgan fingerprint density at radius 3 is 2.46 bits per heavy atom. The fourth-order valence-electron chi connectivity index (χ4n) is 2.68. The zero-order chi connectivity index (χ0) is 17.1. The van der Waals surface area contributed by atoms with Crippen LogP contribution in [0.4, 0.5) is 11.5 Å². The van der Waals surface area contributed by atoms with Gasteiger partial charge in [0.2, 0.25) is 0 Å². The molecule has 0 fully saturated rings. The normalized spacial score (nSPS) is 10.7. The molecule has 24 heavy (non-hydrogen) atoms. The van der Waals surface area contributed by atoms with Gasteiger partial charge in [-0.25, -0.2) is 9.97 Å². The highest BCUT2D eigenvalue weighted by molar-refractivity contribution is 6.30. The number of ether oxygens (including phenoxy) is 2. The fourth-order valence-corrected chi connectivity index (χ4v) is 2.87. The van der Waals surface area contributed by atoms with Crippen molar-refractivity contribution < 1.29 is 9.47 Å². The van der Waals surface area contributed by atoms with Gasteiger partial charge in [0, 0.05) is 28.7 Å². The van der Waals surface area contributed by atoms with Crippen LogP contribution in [0.1, 0.15) is 6.92 Å². The molecule has 0 amide bonds. The summed E-state index contributed by atoms with van der Waals surface area (Å²) in [6.07, 6.45) is 1.55. The molecule has 5 nitrogen and oxygen atoms in total. The highest BCUT2D eigenvalue weighted by Gasteiger charge is 2.16. The van der Waals surface area contributed by atoms with Crippen LogP contribution in [0, 0.1) is 0 Å². The minimum Gasteiger partial charge on any atom is -0.493 e. The summed E-state index contributed by atoms with van der Waals surface area (Å²) in [6.45, 7) is 2.80. The molecule has 0 unspecified atom stereocenters. The van der Waals surface area contributed by atoms with Gasteiger partial charge in [0.1, 0.15) is 12.1 Å². The average Bonchev–Trinajstić information content (AvgIpc) is 2.61. The van der Waals surface area contributed by atoms with Crippen LogP contribution < -0.4 is 14.4 Å². The Bertz CT molecular complexity index is 870. The summed E-state index contributed by atoms with van der Waals surface area (Å²) in [6, 6.07) is 11.4. The average molecular weight is 344 g/mol. The molecule has 0 atom stereocenters. The molecule has 1 heterocycles. The lowest BCUT2D eigenvalue weighted by Gasteiger charge is -2.23. The number of hydrogen-bond acceptors (Lipinski definition) is 5. The Kier molecular flexibility index (Phi) is 4.71. The van der Waals surface area contributed by atoms with Gasteiger partial charge in [0.15, 0.2) is 11.5 Å². The fraction of sp³-hybridized carbons (Fsp3) is 0.222. The van der Waals surface area contributed by atoms with Crippen LogP contribution in [-0.2, 0) is 0 Å². The van der Waals surface area contributed by atoms with E-state index in [1.54, 1.807) is 20.5 Å². The zero-order valence-corrected chi connectivity index (χ0v) is 14.5. The minimum absolute atomic E-state index is 0.639. The van der Waals surface area contributed by atoms with Gasteiger partial charge >= 0.3 is 0 Å². The van der Waals surface area contributed by atoms with Gasteiger partial charge in [0.25, 0.3) is 0 Å². The molecule has 3 aromatic rings. The minimum atomic E-state index is 0.639. The van der Waals surface area contributed by atoms with Crippen LogP contribution in [0.15, 0.2) is 42.7 Å². The Hall–Kier alpha value is -2.53. The monoisotopic (exact) mass is 343 g/mol. The highest BCUT2D eigenvalue weighted by atomic mass is 35.5. The lowest BCUT2D eigenvalue weighted by molar-refractivity contribution is 0.356. The first-order valence-corrected chi connectivity index (χ1v) is 7.95. The first kappa shape index (κ1) is 16.3. The Balaban J connectivity index is 2.20. The summed E-state index contributed by atoms with van der Waals surface area (Å²) < 4.78 is 10.8. The summed E-state index contributed by atoms with van der Waals surface area (Å²) in [7, 11) is 3.22. The molecule has 6 heteroatoms. The van der Waals surface area contributed by atoms with E-state index in [0.29, 0.717) is 16.5 Å². The second-order valence-electron chi connectivity index (χ2n) is 5.15. The number of rotatable bonds is 5. The Morgan fingerprint density at radius 2 is 1.79 bits per heavy atom. The molecule has 0 aliphatic rings. The quantitative estimate of drug-likeness (QED) is 0.684. The summed E-state index contributed by atoms with van der Waals surface area (Å²) >= 11 is 6.14. The van der Waals surface area contributed by atoms with Gasteiger partial charge in [-0.2, -0.15) is 0 Å². The molecule has 0 aliphatic carbocycles. The van der Waals surface area contributed by atoms with Crippen molar-refractivity contribution in [3.63, 3.8) is 0 Å². The standard InChI is InChI=1S/C18H18ClN3O2/c1-4-22(13-7-5-6-12(19)8-13)18-14-9-16(23-2)17(24-3)10-15(14)20-11-21-18/h5-11H,4H2,1-3H3. The van der Waals surface area contributed by atoms with Crippen molar-refractivity contribution in [3.05, 3.63) is 47.7 Å². The van der Waals surface area contributed by atoms with Crippen molar-refractivity contribution >= 4 is 34.0 Å². The van der Waals surface area contributed by atoms with E-state index in [1.807, 2.05) is 36.4 Å². The van der Waals surface area contributed by atoms with E-state index in [0.717, 1.165) is 29.0 Å². The van der Waals surface area contributed by atoms with Crippen LogP contribution in [0.2, 0.25) is 5.02 Å². The van der Waals surface area contributed by atoms with E-state index in [-0.39, 0.29) is 0 Å². The number of anilines is 2. The topological polar surface area (TPSA) is 47.5 Å². The molecule has 0 radical (unpaired) electrons. The van der Waals surface area contributed by atoms with Crippen LogP contribution in [0.5, 0.6) is 11.5 Å². The second-order valence-corrected chi connectivity index (χ2v) is 5.58. The van der Waals surface area contributed by atoms with Gasteiger partial charge in [-0.3, -0.25) is 0 Å². The van der Waals surface area contributed by atoms with Crippen molar-refractivity contribution in [2.45, 2.75) is 6.92 Å². The van der Waals surface area contributed by atoms with Crippen LogP contribution >= 0.6 is 11.6 Å². The van der Waals surface area contributed by atoms with E-state index in [1.165, 1.54) is 0 Å². The Morgan fingerprint density at radius 1 is 1.04 bits per heavy atom.